The van der Waals surface area contributed by atoms with Crippen LogP contribution in [0.5, 0.6) is 0 Å². The predicted octanol–water partition coefficient (Wildman–Crippen LogP) is 4.15. The number of nitrogens with one attached hydrogen (secondary N) is 1. The molecule has 1 N–H and O–H groups in total. The van der Waals surface area contributed by atoms with Crippen LogP contribution >= 0.6 is 22.6 Å². The summed E-state index contributed by atoms with van der Waals surface area (Å²) in [6.45, 7) is 4.01. The normalized spacial score (nSPS) is 10.9. The van der Waals surface area contributed by atoms with Crippen LogP contribution in [0.25, 0.3) is 6.08 Å². The molecule has 3 nitrogen and oxygen atoms in total. The molecule has 98 valence electrons. The molecule has 1 amide bonds. The van der Waals surface area contributed by atoms with Gasteiger partial charge in [0.1, 0.15) is 5.76 Å². The average Bonchev–Trinajstić information content (AvgIpc) is 2.71. The average molecular weight is 367 g/mol. The molecule has 4 heteroatoms. The molecular weight excluding hydrogens is 353 g/mol. The topological polar surface area (TPSA) is 42.2 Å². The van der Waals surface area contributed by atoms with Gasteiger partial charge in [0.25, 0.3) is 0 Å². The van der Waals surface area contributed by atoms with Gasteiger partial charge in [-0.2, -0.15) is 0 Å². The number of amides is 1. The van der Waals surface area contributed by atoms with Crippen molar-refractivity contribution in [3.8, 4) is 0 Å². The summed E-state index contributed by atoms with van der Waals surface area (Å²) in [6.07, 6.45) is 3.12. The Morgan fingerprint density at radius 2 is 1.89 bits per heavy atom. The van der Waals surface area contributed by atoms with Gasteiger partial charge < -0.3 is 9.73 Å². The number of carbonyl (C=O) groups is 1. The standard InChI is InChI=1S/C15H14INO2/c1-10-7-11(2)9-12(8-10)17-15(18)6-4-13-3-5-14(16)19-13/h3-9H,1-2H3,(H,17,18)/b6-4+. The lowest BCUT2D eigenvalue weighted by molar-refractivity contribution is -0.111. The molecule has 0 saturated heterocycles. The molecule has 0 saturated carbocycles. The second-order valence-electron chi connectivity index (χ2n) is 4.34. The maximum atomic E-state index is 11.8. The van der Waals surface area contributed by atoms with Crippen LogP contribution in [0.1, 0.15) is 16.9 Å². The number of rotatable bonds is 3. The first-order valence-electron chi connectivity index (χ1n) is 5.85. The van der Waals surface area contributed by atoms with Gasteiger partial charge in [-0.05, 0) is 77.9 Å². The zero-order valence-corrected chi connectivity index (χ0v) is 12.9. The maximum absolute atomic E-state index is 11.8. The van der Waals surface area contributed by atoms with Gasteiger partial charge in [-0.1, -0.05) is 6.07 Å². The van der Waals surface area contributed by atoms with Crippen LogP contribution in [0.2, 0.25) is 0 Å². The molecule has 0 atom stereocenters. The van der Waals surface area contributed by atoms with Crippen molar-refractivity contribution in [3.63, 3.8) is 0 Å². The molecule has 1 heterocycles. The van der Waals surface area contributed by atoms with E-state index in [9.17, 15) is 4.79 Å². The third-order valence-electron chi connectivity index (χ3n) is 2.48. The second-order valence-corrected chi connectivity index (χ2v) is 5.40. The quantitative estimate of drug-likeness (QED) is 0.654. The minimum Gasteiger partial charge on any atom is -0.451 e. The Kier molecular flexibility index (Phi) is 4.42. The van der Waals surface area contributed by atoms with E-state index in [0.29, 0.717) is 5.76 Å². The fourth-order valence-electron chi connectivity index (χ4n) is 1.81. The van der Waals surface area contributed by atoms with Gasteiger partial charge in [-0.3, -0.25) is 4.79 Å². The Bertz CT molecular complexity index is 609. The highest BCUT2D eigenvalue weighted by atomic mass is 127. The first kappa shape index (κ1) is 13.9. The molecule has 2 aromatic rings. The minimum absolute atomic E-state index is 0.170. The van der Waals surface area contributed by atoms with Crippen LogP contribution in [0.3, 0.4) is 0 Å². The number of furan rings is 1. The molecule has 0 fully saturated rings. The summed E-state index contributed by atoms with van der Waals surface area (Å²) in [5.41, 5.74) is 3.06. The Morgan fingerprint density at radius 1 is 1.21 bits per heavy atom. The smallest absolute Gasteiger partial charge is 0.248 e. The van der Waals surface area contributed by atoms with E-state index in [1.165, 1.54) is 6.08 Å². The van der Waals surface area contributed by atoms with Gasteiger partial charge in [-0.25, -0.2) is 0 Å². The van der Waals surface area contributed by atoms with E-state index >= 15 is 0 Å². The molecule has 19 heavy (non-hydrogen) atoms. The van der Waals surface area contributed by atoms with Crippen LogP contribution in [0.15, 0.2) is 40.8 Å². The summed E-state index contributed by atoms with van der Waals surface area (Å²) in [5.74, 6) is 0.497. The van der Waals surface area contributed by atoms with Crippen LogP contribution in [0.4, 0.5) is 5.69 Å². The lowest BCUT2D eigenvalue weighted by Crippen LogP contribution is -2.07. The second kappa shape index (κ2) is 6.06. The van der Waals surface area contributed by atoms with Gasteiger partial charge in [0.15, 0.2) is 3.77 Å². The van der Waals surface area contributed by atoms with E-state index in [-0.39, 0.29) is 5.91 Å². The van der Waals surface area contributed by atoms with Crippen molar-refractivity contribution in [1.29, 1.82) is 0 Å². The third-order valence-corrected chi connectivity index (χ3v) is 3.06. The Morgan fingerprint density at radius 3 is 2.47 bits per heavy atom. The van der Waals surface area contributed by atoms with Crippen LogP contribution in [-0.2, 0) is 4.79 Å². The van der Waals surface area contributed by atoms with Crippen molar-refractivity contribution in [3.05, 3.63) is 57.1 Å². The maximum Gasteiger partial charge on any atom is 0.248 e. The molecule has 0 spiro atoms. The van der Waals surface area contributed by atoms with Crippen molar-refractivity contribution in [2.75, 3.05) is 5.32 Å². The van der Waals surface area contributed by atoms with E-state index < -0.39 is 0 Å². The fraction of sp³-hybridized carbons (Fsp3) is 0.133. The number of benzene rings is 1. The highest BCUT2D eigenvalue weighted by Gasteiger charge is 2.00. The van der Waals surface area contributed by atoms with Gasteiger partial charge >= 0.3 is 0 Å². The van der Waals surface area contributed by atoms with E-state index in [0.717, 1.165) is 20.6 Å². The monoisotopic (exact) mass is 367 g/mol. The number of aryl methyl sites for hydroxylation is 2. The van der Waals surface area contributed by atoms with Crippen LogP contribution in [0, 0.1) is 17.6 Å². The number of hydrogen-bond acceptors (Lipinski definition) is 2. The van der Waals surface area contributed by atoms with E-state index in [4.69, 9.17) is 4.42 Å². The van der Waals surface area contributed by atoms with Crippen molar-refractivity contribution in [2.24, 2.45) is 0 Å². The van der Waals surface area contributed by atoms with Crippen molar-refractivity contribution in [2.45, 2.75) is 13.8 Å². The molecule has 0 aliphatic rings. The van der Waals surface area contributed by atoms with Gasteiger partial charge in [0.2, 0.25) is 5.91 Å². The Balaban J connectivity index is 2.03. The lowest BCUT2D eigenvalue weighted by Gasteiger charge is -2.05. The summed E-state index contributed by atoms with van der Waals surface area (Å²) in [5, 5.41) is 2.83. The third kappa shape index (κ3) is 4.24. The highest BCUT2D eigenvalue weighted by Crippen LogP contribution is 2.14. The van der Waals surface area contributed by atoms with E-state index in [1.807, 2.05) is 38.1 Å². The lowest BCUT2D eigenvalue weighted by atomic mass is 10.1. The number of anilines is 1. The van der Waals surface area contributed by atoms with Crippen molar-refractivity contribution >= 4 is 40.3 Å². The largest absolute Gasteiger partial charge is 0.451 e. The molecule has 0 radical (unpaired) electrons. The molecular formula is C15H14INO2. The van der Waals surface area contributed by atoms with Gasteiger partial charge in [-0.15, -0.1) is 0 Å². The Hall–Kier alpha value is -1.56. The summed E-state index contributed by atoms with van der Waals surface area (Å²) >= 11 is 2.08. The number of hydrogen-bond donors (Lipinski definition) is 1. The summed E-state index contributed by atoms with van der Waals surface area (Å²) in [7, 11) is 0. The summed E-state index contributed by atoms with van der Waals surface area (Å²) in [6, 6.07) is 9.61. The molecule has 2 rings (SSSR count). The molecule has 1 aromatic carbocycles. The molecule has 0 aliphatic carbocycles. The Labute approximate surface area is 125 Å². The van der Waals surface area contributed by atoms with E-state index in [1.54, 1.807) is 6.08 Å². The molecule has 0 aliphatic heterocycles. The summed E-state index contributed by atoms with van der Waals surface area (Å²) < 4.78 is 6.14. The minimum atomic E-state index is -0.170. The zero-order valence-electron chi connectivity index (χ0n) is 10.7. The van der Waals surface area contributed by atoms with Gasteiger partial charge in [0.05, 0.1) is 0 Å². The van der Waals surface area contributed by atoms with Crippen LogP contribution < -0.4 is 5.32 Å². The van der Waals surface area contributed by atoms with Crippen molar-refractivity contribution in [1.82, 2.24) is 0 Å². The number of halogens is 1. The first-order valence-corrected chi connectivity index (χ1v) is 6.93. The van der Waals surface area contributed by atoms with E-state index in [2.05, 4.69) is 34.0 Å². The fourth-order valence-corrected chi connectivity index (χ4v) is 2.24. The molecule has 0 bridgehead atoms. The van der Waals surface area contributed by atoms with Crippen molar-refractivity contribution < 1.29 is 9.21 Å². The van der Waals surface area contributed by atoms with Gasteiger partial charge in [0, 0.05) is 11.8 Å². The predicted molar refractivity (Wildman–Crippen MR) is 85.0 cm³/mol. The zero-order chi connectivity index (χ0) is 13.8. The van der Waals surface area contributed by atoms with Crippen LogP contribution in [-0.4, -0.2) is 5.91 Å². The molecule has 1 aromatic heterocycles. The number of carbonyl (C=O) groups excluding carboxylic acids is 1. The molecule has 0 unspecified atom stereocenters. The highest BCUT2D eigenvalue weighted by molar-refractivity contribution is 14.1. The SMILES string of the molecule is Cc1cc(C)cc(NC(=O)/C=C/c2ccc(I)o2)c1. The first-order chi connectivity index (χ1) is 9.02. The summed E-state index contributed by atoms with van der Waals surface area (Å²) in [4.78, 5) is 11.8.